The molecule has 0 saturated heterocycles. The van der Waals surface area contributed by atoms with Crippen molar-refractivity contribution in [2.24, 2.45) is 0 Å². The van der Waals surface area contributed by atoms with Crippen molar-refractivity contribution in [3.63, 3.8) is 0 Å². The molecular formula is C15H26N4O. The van der Waals surface area contributed by atoms with Crippen LogP contribution in [0.3, 0.4) is 0 Å². The Kier molecular flexibility index (Phi) is 7.65. The van der Waals surface area contributed by atoms with E-state index >= 15 is 0 Å². The molecule has 0 bridgehead atoms. The summed E-state index contributed by atoms with van der Waals surface area (Å²) < 4.78 is 0. The van der Waals surface area contributed by atoms with Gasteiger partial charge in [-0.15, -0.1) is 0 Å². The Morgan fingerprint density at radius 2 is 2.10 bits per heavy atom. The van der Waals surface area contributed by atoms with Gasteiger partial charge in [0.25, 0.3) is 5.91 Å². The third-order valence-electron chi connectivity index (χ3n) is 3.10. The molecular weight excluding hydrogens is 252 g/mol. The first kappa shape index (κ1) is 16.4. The maximum atomic E-state index is 12.2. The standard InChI is InChI=1S/C15H26N4O/c1-4-11-19(6-3)12-10-18-15(20)13-8-7-9-17-14(13)16-5-2/h7-9H,4-6,10-12H2,1-3H3,(H,16,17)(H,18,20). The van der Waals surface area contributed by atoms with Crippen LogP contribution in [0.4, 0.5) is 5.82 Å². The zero-order valence-electron chi connectivity index (χ0n) is 12.8. The maximum absolute atomic E-state index is 12.2. The smallest absolute Gasteiger partial charge is 0.255 e. The van der Waals surface area contributed by atoms with Gasteiger partial charge in [-0.05, 0) is 38.6 Å². The lowest BCUT2D eigenvalue weighted by atomic mass is 10.2. The van der Waals surface area contributed by atoms with Crippen molar-refractivity contribution in [3.8, 4) is 0 Å². The average molecular weight is 278 g/mol. The van der Waals surface area contributed by atoms with Crippen molar-refractivity contribution in [1.82, 2.24) is 15.2 Å². The second-order valence-electron chi connectivity index (χ2n) is 4.62. The molecule has 1 aromatic rings. The quantitative estimate of drug-likeness (QED) is 0.725. The Bertz CT molecular complexity index is 409. The number of nitrogens with zero attached hydrogens (tertiary/aromatic N) is 2. The molecule has 0 aliphatic carbocycles. The number of carbonyl (C=O) groups excluding carboxylic acids is 1. The van der Waals surface area contributed by atoms with Crippen molar-refractivity contribution in [2.45, 2.75) is 27.2 Å². The summed E-state index contributed by atoms with van der Waals surface area (Å²) >= 11 is 0. The molecule has 0 aliphatic heterocycles. The van der Waals surface area contributed by atoms with Gasteiger partial charge in [0.05, 0.1) is 5.56 Å². The van der Waals surface area contributed by atoms with Gasteiger partial charge in [0.1, 0.15) is 5.82 Å². The average Bonchev–Trinajstić information content (AvgIpc) is 2.47. The van der Waals surface area contributed by atoms with Crippen LogP contribution in [-0.2, 0) is 0 Å². The van der Waals surface area contributed by atoms with Gasteiger partial charge in [0, 0.05) is 25.8 Å². The van der Waals surface area contributed by atoms with Crippen LogP contribution in [-0.4, -0.2) is 48.5 Å². The molecule has 0 radical (unpaired) electrons. The van der Waals surface area contributed by atoms with Gasteiger partial charge in [0.15, 0.2) is 0 Å². The van der Waals surface area contributed by atoms with E-state index in [1.807, 2.05) is 6.92 Å². The lowest BCUT2D eigenvalue weighted by Crippen LogP contribution is -2.35. The third kappa shape index (κ3) is 5.17. The molecule has 2 N–H and O–H groups in total. The van der Waals surface area contributed by atoms with E-state index in [0.29, 0.717) is 17.9 Å². The number of nitrogens with one attached hydrogen (secondary N) is 2. The molecule has 1 aromatic heterocycles. The van der Waals surface area contributed by atoms with Crippen LogP contribution in [0.1, 0.15) is 37.6 Å². The number of hydrogen-bond acceptors (Lipinski definition) is 4. The fourth-order valence-electron chi connectivity index (χ4n) is 2.06. The number of rotatable bonds is 9. The number of amides is 1. The van der Waals surface area contributed by atoms with Crippen LogP contribution >= 0.6 is 0 Å². The van der Waals surface area contributed by atoms with Crippen LogP contribution < -0.4 is 10.6 Å². The second kappa shape index (κ2) is 9.31. The normalized spacial score (nSPS) is 10.6. The topological polar surface area (TPSA) is 57.3 Å². The molecule has 112 valence electrons. The summed E-state index contributed by atoms with van der Waals surface area (Å²) in [5, 5.41) is 6.07. The van der Waals surface area contributed by atoms with Crippen LogP contribution in [0, 0.1) is 0 Å². The Morgan fingerprint density at radius 1 is 1.30 bits per heavy atom. The zero-order valence-corrected chi connectivity index (χ0v) is 12.8. The van der Waals surface area contributed by atoms with Gasteiger partial charge >= 0.3 is 0 Å². The minimum absolute atomic E-state index is 0.0680. The highest BCUT2D eigenvalue weighted by Crippen LogP contribution is 2.10. The number of aromatic nitrogens is 1. The molecule has 0 fully saturated rings. The molecule has 1 amide bonds. The van der Waals surface area contributed by atoms with Crippen molar-refractivity contribution >= 4 is 11.7 Å². The van der Waals surface area contributed by atoms with E-state index in [1.54, 1.807) is 18.3 Å². The number of anilines is 1. The zero-order chi connectivity index (χ0) is 14.8. The largest absolute Gasteiger partial charge is 0.370 e. The molecule has 20 heavy (non-hydrogen) atoms. The molecule has 1 heterocycles. The van der Waals surface area contributed by atoms with Gasteiger partial charge < -0.3 is 15.5 Å². The maximum Gasteiger partial charge on any atom is 0.255 e. The van der Waals surface area contributed by atoms with Crippen LogP contribution in [0.5, 0.6) is 0 Å². The van der Waals surface area contributed by atoms with E-state index < -0.39 is 0 Å². The molecule has 0 aliphatic rings. The molecule has 0 spiro atoms. The van der Waals surface area contributed by atoms with Gasteiger partial charge in [-0.25, -0.2) is 4.98 Å². The third-order valence-corrected chi connectivity index (χ3v) is 3.10. The minimum Gasteiger partial charge on any atom is -0.370 e. The van der Waals surface area contributed by atoms with Crippen molar-refractivity contribution in [2.75, 3.05) is 38.0 Å². The summed E-state index contributed by atoms with van der Waals surface area (Å²) in [4.78, 5) is 18.7. The highest BCUT2D eigenvalue weighted by Gasteiger charge is 2.11. The van der Waals surface area contributed by atoms with Crippen LogP contribution in [0.15, 0.2) is 18.3 Å². The molecule has 0 unspecified atom stereocenters. The van der Waals surface area contributed by atoms with Crippen LogP contribution in [0.25, 0.3) is 0 Å². The SMILES string of the molecule is CCCN(CC)CCNC(=O)c1cccnc1NCC. The summed E-state index contributed by atoms with van der Waals surface area (Å²) in [6.07, 6.45) is 2.82. The first-order valence-electron chi connectivity index (χ1n) is 7.42. The predicted molar refractivity (Wildman–Crippen MR) is 83.1 cm³/mol. The van der Waals surface area contributed by atoms with Crippen LogP contribution in [0.2, 0.25) is 0 Å². The van der Waals surface area contributed by atoms with E-state index in [2.05, 4.69) is 34.4 Å². The fraction of sp³-hybridized carbons (Fsp3) is 0.600. The lowest BCUT2D eigenvalue weighted by molar-refractivity contribution is 0.0949. The highest BCUT2D eigenvalue weighted by atomic mass is 16.1. The molecule has 1 rings (SSSR count). The van der Waals surface area contributed by atoms with E-state index in [9.17, 15) is 4.79 Å². The number of carbonyl (C=O) groups is 1. The molecule has 5 nitrogen and oxygen atoms in total. The van der Waals surface area contributed by atoms with E-state index in [-0.39, 0.29) is 5.91 Å². The second-order valence-corrected chi connectivity index (χ2v) is 4.62. The van der Waals surface area contributed by atoms with Crippen molar-refractivity contribution in [3.05, 3.63) is 23.9 Å². The molecule has 0 saturated carbocycles. The van der Waals surface area contributed by atoms with E-state index in [4.69, 9.17) is 0 Å². The Hall–Kier alpha value is -1.62. The first-order valence-corrected chi connectivity index (χ1v) is 7.42. The fourth-order valence-corrected chi connectivity index (χ4v) is 2.06. The van der Waals surface area contributed by atoms with Gasteiger partial charge in [0.2, 0.25) is 0 Å². The van der Waals surface area contributed by atoms with E-state index in [0.717, 1.165) is 32.6 Å². The number of hydrogen-bond donors (Lipinski definition) is 2. The summed E-state index contributed by atoms with van der Waals surface area (Å²) in [5.74, 6) is 0.579. The van der Waals surface area contributed by atoms with Crippen molar-refractivity contribution < 1.29 is 4.79 Å². The summed E-state index contributed by atoms with van der Waals surface area (Å²) in [7, 11) is 0. The van der Waals surface area contributed by atoms with Gasteiger partial charge in [-0.3, -0.25) is 4.79 Å². The Labute approximate surface area is 121 Å². The summed E-state index contributed by atoms with van der Waals surface area (Å²) in [6.45, 7) is 10.7. The van der Waals surface area contributed by atoms with E-state index in [1.165, 1.54) is 0 Å². The summed E-state index contributed by atoms with van der Waals surface area (Å²) in [6, 6.07) is 3.58. The minimum atomic E-state index is -0.0680. The Morgan fingerprint density at radius 3 is 2.75 bits per heavy atom. The van der Waals surface area contributed by atoms with Gasteiger partial charge in [-0.2, -0.15) is 0 Å². The molecule has 0 aromatic carbocycles. The predicted octanol–water partition coefficient (Wildman–Crippen LogP) is 1.98. The lowest BCUT2D eigenvalue weighted by Gasteiger charge is -2.19. The first-order chi connectivity index (χ1) is 9.72. The molecule has 0 atom stereocenters. The molecule has 5 heteroatoms. The summed E-state index contributed by atoms with van der Waals surface area (Å²) in [5.41, 5.74) is 0.605. The number of likely N-dealkylation sites (N-methyl/N-ethyl adjacent to an activating group) is 1. The highest BCUT2D eigenvalue weighted by molar-refractivity contribution is 5.98. The van der Waals surface area contributed by atoms with Gasteiger partial charge in [-0.1, -0.05) is 13.8 Å². The van der Waals surface area contributed by atoms with Crippen molar-refractivity contribution in [1.29, 1.82) is 0 Å². The Balaban J connectivity index is 2.50. The monoisotopic (exact) mass is 278 g/mol. The number of pyridine rings is 1.